The Kier molecular flexibility index (Phi) is 4.19. The largest absolute Gasteiger partial charge is 0.438 e. The quantitative estimate of drug-likeness (QED) is 0.718. The Labute approximate surface area is 129 Å². The molecular formula is C17H20BrNO. The summed E-state index contributed by atoms with van der Waals surface area (Å²) in [5, 5.41) is 0. The lowest BCUT2D eigenvalue weighted by Gasteiger charge is -2.23. The van der Waals surface area contributed by atoms with Gasteiger partial charge in [0.15, 0.2) is 0 Å². The van der Waals surface area contributed by atoms with Crippen molar-refractivity contribution in [2.45, 2.75) is 40.0 Å². The highest BCUT2D eigenvalue weighted by atomic mass is 79.9. The molecule has 0 atom stereocenters. The summed E-state index contributed by atoms with van der Waals surface area (Å²) in [5.41, 5.74) is 3.48. The summed E-state index contributed by atoms with van der Waals surface area (Å²) in [6.45, 7) is 10.6. The molecule has 20 heavy (non-hydrogen) atoms. The van der Waals surface area contributed by atoms with Crippen molar-refractivity contribution in [2.75, 3.05) is 0 Å². The van der Waals surface area contributed by atoms with Crippen LogP contribution in [0.15, 0.2) is 34.9 Å². The lowest BCUT2D eigenvalue weighted by Crippen LogP contribution is -2.12. The highest BCUT2D eigenvalue weighted by molar-refractivity contribution is 9.10. The van der Waals surface area contributed by atoms with Crippen molar-refractivity contribution in [2.24, 2.45) is 0 Å². The van der Waals surface area contributed by atoms with Crippen molar-refractivity contribution in [1.82, 2.24) is 4.98 Å². The fourth-order valence-electron chi connectivity index (χ4n) is 2.03. The van der Waals surface area contributed by atoms with Crippen LogP contribution in [0.25, 0.3) is 0 Å². The van der Waals surface area contributed by atoms with Gasteiger partial charge in [0.25, 0.3) is 0 Å². The van der Waals surface area contributed by atoms with E-state index in [4.69, 9.17) is 4.74 Å². The SMILES string of the molecule is Cc1cnc(Oc2cc(C)ccc2C(C)(C)C)c(Br)c1. The molecule has 2 rings (SSSR count). The minimum absolute atomic E-state index is 0.0280. The highest BCUT2D eigenvalue weighted by Gasteiger charge is 2.20. The monoisotopic (exact) mass is 333 g/mol. The zero-order valence-corrected chi connectivity index (χ0v) is 14.2. The molecule has 0 unspecified atom stereocenters. The van der Waals surface area contributed by atoms with Gasteiger partial charge in [-0.3, -0.25) is 0 Å². The zero-order chi connectivity index (χ0) is 14.9. The Bertz CT molecular complexity index is 629. The van der Waals surface area contributed by atoms with Crippen LogP contribution >= 0.6 is 15.9 Å². The lowest BCUT2D eigenvalue weighted by atomic mass is 9.86. The third kappa shape index (κ3) is 3.40. The molecule has 0 saturated carbocycles. The Morgan fingerprint density at radius 2 is 1.75 bits per heavy atom. The van der Waals surface area contributed by atoms with E-state index in [1.165, 1.54) is 11.1 Å². The molecule has 0 spiro atoms. The number of ether oxygens (including phenoxy) is 1. The fourth-order valence-corrected chi connectivity index (χ4v) is 2.58. The molecule has 0 N–H and O–H groups in total. The number of aromatic nitrogens is 1. The topological polar surface area (TPSA) is 22.1 Å². The van der Waals surface area contributed by atoms with Gasteiger partial charge in [-0.15, -0.1) is 0 Å². The minimum Gasteiger partial charge on any atom is -0.438 e. The van der Waals surface area contributed by atoms with Gasteiger partial charge in [-0.1, -0.05) is 32.9 Å². The molecule has 2 nitrogen and oxygen atoms in total. The molecule has 0 amide bonds. The van der Waals surface area contributed by atoms with Gasteiger partial charge in [-0.25, -0.2) is 4.98 Å². The number of hydrogen-bond acceptors (Lipinski definition) is 2. The van der Waals surface area contributed by atoms with Crippen LogP contribution in [0.5, 0.6) is 11.6 Å². The van der Waals surface area contributed by atoms with Crippen LogP contribution in [0.1, 0.15) is 37.5 Å². The normalized spacial score (nSPS) is 11.5. The molecule has 0 bridgehead atoms. The second-order valence-electron chi connectivity index (χ2n) is 6.15. The minimum atomic E-state index is 0.0280. The molecule has 0 aliphatic rings. The fraction of sp³-hybridized carbons (Fsp3) is 0.353. The average Bonchev–Trinajstić information content (AvgIpc) is 2.31. The zero-order valence-electron chi connectivity index (χ0n) is 12.6. The molecule has 0 aliphatic heterocycles. The summed E-state index contributed by atoms with van der Waals surface area (Å²) < 4.78 is 6.92. The number of halogens is 1. The Morgan fingerprint density at radius 1 is 1.05 bits per heavy atom. The van der Waals surface area contributed by atoms with Crippen molar-refractivity contribution in [3.05, 3.63) is 51.6 Å². The molecule has 2 aromatic rings. The molecule has 1 aromatic carbocycles. The van der Waals surface area contributed by atoms with Gasteiger partial charge in [0, 0.05) is 11.8 Å². The molecule has 0 aliphatic carbocycles. The number of aryl methyl sites for hydroxylation is 2. The first-order valence-corrected chi connectivity index (χ1v) is 7.48. The van der Waals surface area contributed by atoms with E-state index in [0.717, 1.165) is 15.8 Å². The third-order valence-electron chi connectivity index (χ3n) is 3.10. The predicted octanol–water partition coefficient (Wildman–Crippen LogP) is 5.55. The second-order valence-corrected chi connectivity index (χ2v) is 7.01. The van der Waals surface area contributed by atoms with Crippen molar-refractivity contribution in [3.8, 4) is 11.6 Å². The van der Waals surface area contributed by atoms with Crippen molar-refractivity contribution in [3.63, 3.8) is 0 Å². The second kappa shape index (κ2) is 5.57. The first-order valence-electron chi connectivity index (χ1n) is 6.68. The van der Waals surface area contributed by atoms with E-state index in [2.05, 4.69) is 66.8 Å². The van der Waals surface area contributed by atoms with Crippen LogP contribution in [-0.2, 0) is 5.41 Å². The molecule has 106 valence electrons. The number of hydrogen-bond donors (Lipinski definition) is 0. The Hall–Kier alpha value is -1.35. The molecular weight excluding hydrogens is 314 g/mol. The van der Waals surface area contributed by atoms with Crippen LogP contribution in [-0.4, -0.2) is 4.98 Å². The Morgan fingerprint density at radius 3 is 2.35 bits per heavy atom. The molecule has 1 aromatic heterocycles. The van der Waals surface area contributed by atoms with Crippen LogP contribution in [0.2, 0.25) is 0 Å². The van der Waals surface area contributed by atoms with Gasteiger partial charge in [0.05, 0.1) is 4.47 Å². The van der Waals surface area contributed by atoms with Crippen molar-refractivity contribution >= 4 is 15.9 Å². The van der Waals surface area contributed by atoms with E-state index >= 15 is 0 Å². The van der Waals surface area contributed by atoms with Crippen molar-refractivity contribution in [1.29, 1.82) is 0 Å². The standard InChI is InChI=1S/C17H20BrNO/c1-11-6-7-13(17(3,4)5)15(9-11)20-16-14(18)8-12(2)10-19-16/h6-10H,1-5H3. The van der Waals surface area contributed by atoms with E-state index in [-0.39, 0.29) is 5.41 Å². The van der Waals surface area contributed by atoms with Crippen LogP contribution in [0.3, 0.4) is 0 Å². The van der Waals surface area contributed by atoms with Gasteiger partial charge in [0.1, 0.15) is 5.75 Å². The summed E-state index contributed by atoms with van der Waals surface area (Å²) in [7, 11) is 0. The Balaban J connectivity index is 2.45. The van der Waals surface area contributed by atoms with Crippen LogP contribution in [0, 0.1) is 13.8 Å². The number of benzene rings is 1. The van der Waals surface area contributed by atoms with E-state index in [0.29, 0.717) is 5.88 Å². The summed E-state index contributed by atoms with van der Waals surface area (Å²) in [4.78, 5) is 4.36. The molecule has 0 radical (unpaired) electrons. The van der Waals surface area contributed by atoms with E-state index in [9.17, 15) is 0 Å². The van der Waals surface area contributed by atoms with Crippen LogP contribution < -0.4 is 4.74 Å². The average molecular weight is 334 g/mol. The van der Waals surface area contributed by atoms with E-state index in [1.807, 2.05) is 19.2 Å². The lowest BCUT2D eigenvalue weighted by molar-refractivity contribution is 0.436. The number of rotatable bonds is 2. The van der Waals surface area contributed by atoms with Crippen LogP contribution in [0.4, 0.5) is 0 Å². The molecule has 1 heterocycles. The van der Waals surface area contributed by atoms with Gasteiger partial charge in [0.2, 0.25) is 5.88 Å². The maximum Gasteiger partial charge on any atom is 0.233 e. The maximum absolute atomic E-state index is 6.04. The van der Waals surface area contributed by atoms with Crippen molar-refractivity contribution < 1.29 is 4.74 Å². The highest BCUT2D eigenvalue weighted by Crippen LogP contribution is 2.36. The number of nitrogens with zero attached hydrogens (tertiary/aromatic N) is 1. The van der Waals surface area contributed by atoms with Gasteiger partial charge >= 0.3 is 0 Å². The summed E-state index contributed by atoms with van der Waals surface area (Å²) in [6.07, 6.45) is 1.81. The third-order valence-corrected chi connectivity index (χ3v) is 3.66. The summed E-state index contributed by atoms with van der Waals surface area (Å²) >= 11 is 3.51. The van der Waals surface area contributed by atoms with E-state index < -0.39 is 0 Å². The van der Waals surface area contributed by atoms with Gasteiger partial charge in [-0.2, -0.15) is 0 Å². The summed E-state index contributed by atoms with van der Waals surface area (Å²) in [6, 6.07) is 8.32. The maximum atomic E-state index is 6.04. The van der Waals surface area contributed by atoms with Gasteiger partial charge < -0.3 is 4.74 Å². The first kappa shape index (κ1) is 15.0. The molecule has 0 saturated heterocycles. The smallest absolute Gasteiger partial charge is 0.233 e. The number of pyridine rings is 1. The summed E-state index contributed by atoms with van der Waals surface area (Å²) in [5.74, 6) is 1.47. The first-order chi connectivity index (χ1) is 9.27. The van der Waals surface area contributed by atoms with E-state index in [1.54, 1.807) is 0 Å². The molecule has 0 fully saturated rings. The predicted molar refractivity (Wildman–Crippen MR) is 86.6 cm³/mol. The molecule has 3 heteroatoms. The van der Waals surface area contributed by atoms with Gasteiger partial charge in [-0.05, 0) is 58.5 Å².